The van der Waals surface area contributed by atoms with Gasteiger partial charge in [0.2, 0.25) is 10.0 Å². The van der Waals surface area contributed by atoms with Crippen LogP contribution >= 0.6 is 11.3 Å². The van der Waals surface area contributed by atoms with Crippen molar-refractivity contribution in [3.05, 3.63) is 45.3 Å². The Morgan fingerprint density at radius 2 is 2.07 bits per heavy atom. The van der Waals surface area contributed by atoms with E-state index in [9.17, 15) is 22.8 Å². The van der Waals surface area contributed by atoms with Gasteiger partial charge in [0.15, 0.2) is 11.4 Å². The average molecular weight is 415 g/mol. The Morgan fingerprint density at radius 3 is 2.64 bits per heavy atom. The van der Waals surface area contributed by atoms with Crippen molar-refractivity contribution in [3.8, 4) is 5.06 Å². The van der Waals surface area contributed by atoms with E-state index in [-0.39, 0.29) is 33.7 Å². The summed E-state index contributed by atoms with van der Waals surface area (Å²) in [4.78, 5) is 29.3. The predicted octanol–water partition coefficient (Wildman–Crippen LogP) is 2.09. The average Bonchev–Trinajstić information content (AvgIpc) is 3.16. The monoisotopic (exact) mass is 415 g/mol. The summed E-state index contributed by atoms with van der Waals surface area (Å²) < 4.78 is 45.9. The first-order chi connectivity index (χ1) is 13.2. The Morgan fingerprint density at radius 1 is 1.36 bits per heavy atom. The Bertz CT molecular complexity index is 1100. The van der Waals surface area contributed by atoms with Gasteiger partial charge in [0.05, 0.1) is 19.3 Å². The molecule has 8 nitrogen and oxygen atoms in total. The number of thiazole rings is 1. The normalized spacial score (nSPS) is 11.8. The summed E-state index contributed by atoms with van der Waals surface area (Å²) in [5, 5.41) is 6.35. The number of methoxy groups -OCH3 is 1. The molecule has 0 spiro atoms. The van der Waals surface area contributed by atoms with Crippen LogP contribution in [-0.4, -0.2) is 38.7 Å². The van der Waals surface area contributed by atoms with E-state index in [0.717, 1.165) is 32.6 Å². The quantitative estimate of drug-likeness (QED) is 0.689. The van der Waals surface area contributed by atoms with Gasteiger partial charge in [-0.1, -0.05) is 11.3 Å². The molecule has 0 bridgehead atoms. The molecular weight excluding hydrogens is 399 g/mol. The second kappa shape index (κ2) is 7.26. The van der Waals surface area contributed by atoms with Crippen molar-refractivity contribution in [2.24, 2.45) is 0 Å². The molecule has 0 radical (unpaired) electrons. The third-order valence-corrected chi connectivity index (χ3v) is 4.86. The van der Waals surface area contributed by atoms with Crippen molar-refractivity contribution in [1.29, 1.82) is 0 Å². The Kier molecular flexibility index (Phi) is 5.15. The van der Waals surface area contributed by atoms with Crippen LogP contribution in [0.15, 0.2) is 16.9 Å². The van der Waals surface area contributed by atoms with Crippen molar-refractivity contribution >= 4 is 22.2 Å². The van der Waals surface area contributed by atoms with E-state index in [1.807, 2.05) is 0 Å². The zero-order valence-electron chi connectivity index (χ0n) is 15.1. The summed E-state index contributed by atoms with van der Waals surface area (Å²) in [6.45, 7) is 3.46. The molecule has 0 aliphatic rings. The van der Waals surface area contributed by atoms with Crippen LogP contribution in [-0.2, 0) is 12.7 Å². The lowest BCUT2D eigenvalue weighted by atomic mass is 10.3. The van der Waals surface area contributed by atoms with Gasteiger partial charge < -0.3 is 10.1 Å². The van der Waals surface area contributed by atoms with Crippen molar-refractivity contribution in [3.63, 3.8) is 0 Å². The summed E-state index contributed by atoms with van der Waals surface area (Å²) in [5.74, 6) is -0.486. The van der Waals surface area contributed by atoms with Gasteiger partial charge in [0.1, 0.15) is 0 Å². The maximum Gasteiger partial charge on any atom is 0.435 e. The highest BCUT2D eigenvalue weighted by atomic mass is 32.1. The number of carbonyl (C=O) groups is 1. The highest BCUT2D eigenvalue weighted by molar-refractivity contribution is 7.19. The number of hydrogen-bond donors (Lipinski definition) is 1. The smallest absolute Gasteiger partial charge is 0.435 e. The number of aromatic nitrogens is 4. The minimum atomic E-state index is -4.56. The number of carbonyl (C=O) groups excluding carboxylic acids is 1. The Balaban J connectivity index is 2.05. The topological polar surface area (TPSA) is 90.5 Å². The molecule has 0 saturated carbocycles. The minimum Gasteiger partial charge on any atom is -0.485 e. The van der Waals surface area contributed by atoms with Gasteiger partial charge in [-0.25, -0.2) is 9.38 Å². The molecule has 1 amide bonds. The molecule has 3 aromatic rings. The number of ether oxygens (including phenoxy) is 1. The van der Waals surface area contributed by atoms with Gasteiger partial charge in [-0.2, -0.15) is 18.3 Å². The van der Waals surface area contributed by atoms with E-state index in [4.69, 9.17) is 4.74 Å². The van der Waals surface area contributed by atoms with Crippen LogP contribution in [0.25, 0.3) is 4.96 Å². The second-order valence-corrected chi connectivity index (χ2v) is 6.77. The lowest BCUT2D eigenvalue weighted by Crippen LogP contribution is -2.28. The van der Waals surface area contributed by atoms with Gasteiger partial charge in [0, 0.05) is 18.3 Å². The van der Waals surface area contributed by atoms with E-state index < -0.39 is 23.3 Å². The highest BCUT2D eigenvalue weighted by Gasteiger charge is 2.34. The molecule has 0 aromatic carbocycles. The molecule has 0 fully saturated rings. The maximum absolute atomic E-state index is 12.8. The molecule has 0 aliphatic carbocycles. The highest BCUT2D eigenvalue weighted by Crippen LogP contribution is 2.30. The zero-order valence-corrected chi connectivity index (χ0v) is 15.9. The number of fused-ring (bicyclic) bond motifs is 1. The van der Waals surface area contributed by atoms with Crippen LogP contribution in [0.3, 0.4) is 0 Å². The number of hydrogen-bond acceptors (Lipinski definition) is 6. The molecule has 0 atom stereocenters. The predicted molar refractivity (Wildman–Crippen MR) is 95.0 cm³/mol. The van der Waals surface area contributed by atoms with E-state index >= 15 is 0 Å². The molecule has 1 N–H and O–H groups in total. The van der Waals surface area contributed by atoms with Crippen molar-refractivity contribution in [2.45, 2.75) is 26.6 Å². The Hall–Kier alpha value is -2.89. The first-order valence-electron chi connectivity index (χ1n) is 8.15. The van der Waals surface area contributed by atoms with Crippen LogP contribution in [0.1, 0.15) is 34.5 Å². The SMILES string of the molecule is CCNC(=O)c1c(OC)sc2nc(Cn3nc(C(F)(F)F)cc3C)cc(=O)n12. The summed E-state index contributed by atoms with van der Waals surface area (Å²) in [5.41, 5.74) is -1.03. The van der Waals surface area contributed by atoms with Gasteiger partial charge in [-0.05, 0) is 19.9 Å². The number of alkyl halides is 3. The fourth-order valence-corrected chi connectivity index (χ4v) is 3.59. The molecule has 3 aromatic heterocycles. The van der Waals surface area contributed by atoms with Gasteiger partial charge in [-0.15, -0.1) is 0 Å². The van der Waals surface area contributed by atoms with E-state index in [1.54, 1.807) is 6.92 Å². The Labute approximate surface area is 160 Å². The third kappa shape index (κ3) is 3.59. The first kappa shape index (κ1) is 19.9. The molecule has 0 saturated heterocycles. The first-order valence-corrected chi connectivity index (χ1v) is 8.96. The zero-order chi connectivity index (χ0) is 20.6. The molecule has 3 rings (SSSR count). The number of aryl methyl sites for hydroxylation is 1. The molecule has 0 unspecified atom stereocenters. The number of nitrogens with one attached hydrogen (secondary N) is 1. The van der Waals surface area contributed by atoms with Gasteiger partial charge in [-0.3, -0.25) is 14.3 Å². The molecular formula is C16H16F3N5O3S. The fourth-order valence-electron chi connectivity index (χ4n) is 2.62. The largest absolute Gasteiger partial charge is 0.485 e. The molecule has 28 heavy (non-hydrogen) atoms. The number of amides is 1. The molecule has 150 valence electrons. The van der Waals surface area contributed by atoms with E-state index in [1.165, 1.54) is 14.0 Å². The lowest BCUT2D eigenvalue weighted by Gasteiger charge is -2.06. The van der Waals surface area contributed by atoms with Crippen LogP contribution in [0.5, 0.6) is 5.06 Å². The van der Waals surface area contributed by atoms with Crippen LogP contribution in [0.2, 0.25) is 0 Å². The summed E-state index contributed by atoms with van der Waals surface area (Å²) in [7, 11) is 1.37. The van der Waals surface area contributed by atoms with Gasteiger partial charge in [0.25, 0.3) is 11.5 Å². The van der Waals surface area contributed by atoms with Crippen molar-refractivity contribution in [1.82, 2.24) is 24.5 Å². The van der Waals surface area contributed by atoms with Crippen molar-refractivity contribution < 1.29 is 22.7 Å². The van der Waals surface area contributed by atoms with Crippen molar-refractivity contribution in [2.75, 3.05) is 13.7 Å². The fraction of sp³-hybridized carbons (Fsp3) is 0.375. The number of halogens is 3. The van der Waals surface area contributed by atoms with E-state index in [0.29, 0.717) is 6.54 Å². The number of rotatable bonds is 5. The molecule has 3 heterocycles. The molecule has 12 heteroatoms. The number of nitrogens with zero attached hydrogens (tertiary/aromatic N) is 4. The third-order valence-electron chi connectivity index (χ3n) is 3.86. The standard InChI is InChI=1S/C16H16F3N5O3S/c1-4-20-13(26)12-14(27-3)28-15-21-9(6-11(25)24(12)15)7-23-8(2)5-10(22-23)16(17,18)19/h5-6H,4,7H2,1-3H3,(H,20,26). The molecule has 0 aliphatic heterocycles. The minimum absolute atomic E-state index is 0.0306. The maximum atomic E-state index is 12.8. The van der Waals surface area contributed by atoms with Gasteiger partial charge >= 0.3 is 6.18 Å². The summed E-state index contributed by atoms with van der Waals surface area (Å²) in [6, 6.07) is 2.09. The van der Waals surface area contributed by atoms with E-state index in [2.05, 4.69) is 15.4 Å². The summed E-state index contributed by atoms with van der Waals surface area (Å²) >= 11 is 0.990. The summed E-state index contributed by atoms with van der Waals surface area (Å²) in [6.07, 6.45) is -4.56. The van der Waals surface area contributed by atoms with Crippen LogP contribution < -0.4 is 15.6 Å². The van der Waals surface area contributed by atoms with Crippen LogP contribution in [0, 0.1) is 6.92 Å². The van der Waals surface area contributed by atoms with Crippen LogP contribution in [0.4, 0.5) is 13.2 Å². The second-order valence-electron chi connectivity index (χ2n) is 5.83. The lowest BCUT2D eigenvalue weighted by molar-refractivity contribution is -0.141.